The molecule has 1 aliphatic rings. The van der Waals surface area contributed by atoms with Crippen molar-refractivity contribution in [2.45, 2.75) is 12.8 Å². The van der Waals surface area contributed by atoms with Gasteiger partial charge in [-0.1, -0.05) is 12.1 Å². The van der Waals surface area contributed by atoms with E-state index >= 15 is 0 Å². The number of nitrogens with zero attached hydrogens (tertiary/aromatic N) is 2. The number of hydrogen-bond donors (Lipinski definition) is 1. The van der Waals surface area contributed by atoms with Crippen LogP contribution in [0.2, 0.25) is 0 Å². The maximum absolute atomic E-state index is 11.9. The average molecular weight is 323 g/mol. The third kappa shape index (κ3) is 2.56. The number of hydrogen-bond acceptors (Lipinski definition) is 5. The number of rotatable bonds is 4. The molecule has 1 fully saturated rings. The number of methoxy groups -OCH3 is 1. The van der Waals surface area contributed by atoms with E-state index in [2.05, 4.69) is 10.3 Å². The number of ether oxygens (including phenoxy) is 1. The summed E-state index contributed by atoms with van der Waals surface area (Å²) in [6.45, 7) is 0.729. The molecule has 0 radical (unpaired) electrons. The minimum Gasteiger partial charge on any atom is -0.494 e. The van der Waals surface area contributed by atoms with E-state index in [1.807, 2.05) is 42.5 Å². The highest BCUT2D eigenvalue weighted by Crippen LogP contribution is 2.34. The number of oxazole rings is 1. The number of anilines is 3. The molecule has 1 N–H and O–H groups in total. The van der Waals surface area contributed by atoms with Crippen LogP contribution in [0.3, 0.4) is 0 Å². The zero-order valence-electron chi connectivity index (χ0n) is 13.3. The first kappa shape index (κ1) is 14.6. The largest absolute Gasteiger partial charge is 0.494 e. The highest BCUT2D eigenvalue weighted by atomic mass is 16.5. The highest BCUT2D eigenvalue weighted by molar-refractivity contribution is 5.97. The highest BCUT2D eigenvalue weighted by Gasteiger charge is 2.24. The van der Waals surface area contributed by atoms with Crippen molar-refractivity contribution >= 4 is 34.4 Å². The van der Waals surface area contributed by atoms with Crippen molar-refractivity contribution in [1.29, 1.82) is 0 Å². The quantitative estimate of drug-likeness (QED) is 0.793. The lowest BCUT2D eigenvalue weighted by molar-refractivity contribution is -0.117. The van der Waals surface area contributed by atoms with E-state index in [-0.39, 0.29) is 5.91 Å². The first-order chi connectivity index (χ1) is 11.7. The summed E-state index contributed by atoms with van der Waals surface area (Å²) in [6.07, 6.45) is 1.47. The molecule has 1 saturated heterocycles. The molecule has 0 bridgehead atoms. The Morgan fingerprint density at radius 1 is 1.25 bits per heavy atom. The number of aromatic nitrogens is 1. The van der Waals surface area contributed by atoms with Crippen LogP contribution in [0.25, 0.3) is 11.1 Å². The van der Waals surface area contributed by atoms with Crippen LogP contribution in [-0.2, 0) is 4.79 Å². The van der Waals surface area contributed by atoms with Crippen molar-refractivity contribution in [2.75, 3.05) is 23.9 Å². The van der Waals surface area contributed by atoms with Gasteiger partial charge in [-0.3, -0.25) is 4.79 Å². The SMILES string of the molecule is COc1cc(Nc2nc3ccccc3o2)ccc1N1CCCC1=O. The lowest BCUT2D eigenvalue weighted by Crippen LogP contribution is -2.24. The van der Waals surface area contributed by atoms with Gasteiger partial charge in [-0.15, -0.1) is 0 Å². The van der Waals surface area contributed by atoms with Gasteiger partial charge in [-0.2, -0.15) is 4.98 Å². The Labute approximate surface area is 139 Å². The summed E-state index contributed by atoms with van der Waals surface area (Å²) in [7, 11) is 1.60. The van der Waals surface area contributed by atoms with Crippen molar-refractivity contribution in [3.8, 4) is 5.75 Å². The molecule has 0 aliphatic carbocycles. The molecule has 3 aromatic rings. The normalized spacial score (nSPS) is 14.4. The summed E-state index contributed by atoms with van der Waals surface area (Å²) in [5, 5.41) is 3.14. The maximum atomic E-state index is 11.9. The van der Waals surface area contributed by atoms with E-state index in [4.69, 9.17) is 9.15 Å². The smallest absolute Gasteiger partial charge is 0.300 e. The predicted octanol–water partition coefficient (Wildman–Crippen LogP) is 3.71. The Kier molecular flexibility index (Phi) is 3.57. The van der Waals surface area contributed by atoms with Crippen LogP contribution in [-0.4, -0.2) is 24.5 Å². The number of fused-ring (bicyclic) bond motifs is 1. The number of para-hydroxylation sites is 2. The summed E-state index contributed by atoms with van der Waals surface area (Å²) >= 11 is 0. The topological polar surface area (TPSA) is 67.6 Å². The summed E-state index contributed by atoms with van der Waals surface area (Å²) in [5.41, 5.74) is 3.11. The van der Waals surface area contributed by atoms with Crippen LogP contribution in [0.5, 0.6) is 5.75 Å². The van der Waals surface area contributed by atoms with Crippen LogP contribution < -0.4 is 15.0 Å². The summed E-state index contributed by atoms with van der Waals surface area (Å²) in [5.74, 6) is 0.777. The summed E-state index contributed by atoms with van der Waals surface area (Å²) in [6, 6.07) is 13.6. The second kappa shape index (κ2) is 5.88. The van der Waals surface area contributed by atoms with Crippen molar-refractivity contribution < 1.29 is 13.9 Å². The molecule has 0 atom stereocenters. The molecule has 1 aromatic heterocycles. The molecule has 6 nitrogen and oxygen atoms in total. The minimum absolute atomic E-state index is 0.132. The lowest BCUT2D eigenvalue weighted by Gasteiger charge is -2.19. The number of benzene rings is 2. The van der Waals surface area contributed by atoms with Gasteiger partial charge in [0, 0.05) is 24.7 Å². The third-order valence-electron chi connectivity index (χ3n) is 4.09. The van der Waals surface area contributed by atoms with Gasteiger partial charge in [0.1, 0.15) is 11.3 Å². The molecular formula is C18H17N3O3. The summed E-state index contributed by atoms with van der Waals surface area (Å²) in [4.78, 5) is 18.1. The Hall–Kier alpha value is -3.02. The molecule has 122 valence electrons. The van der Waals surface area contributed by atoms with Gasteiger partial charge in [0.25, 0.3) is 6.01 Å². The maximum Gasteiger partial charge on any atom is 0.300 e. The molecule has 0 saturated carbocycles. The molecule has 2 aromatic carbocycles. The second-order valence-electron chi connectivity index (χ2n) is 5.65. The van der Waals surface area contributed by atoms with Crippen LogP contribution in [0.1, 0.15) is 12.8 Å². The fraction of sp³-hybridized carbons (Fsp3) is 0.222. The van der Waals surface area contributed by atoms with Crippen molar-refractivity contribution in [3.63, 3.8) is 0 Å². The number of amides is 1. The molecule has 4 rings (SSSR count). The fourth-order valence-electron chi connectivity index (χ4n) is 2.93. The molecule has 2 heterocycles. The zero-order chi connectivity index (χ0) is 16.5. The number of nitrogens with one attached hydrogen (secondary N) is 1. The van der Waals surface area contributed by atoms with Gasteiger partial charge in [-0.25, -0.2) is 0 Å². The molecule has 0 spiro atoms. The van der Waals surface area contributed by atoms with E-state index in [0.717, 1.165) is 35.4 Å². The van der Waals surface area contributed by atoms with Gasteiger partial charge < -0.3 is 19.4 Å². The fourth-order valence-corrected chi connectivity index (χ4v) is 2.93. The number of carbonyl (C=O) groups is 1. The Balaban J connectivity index is 1.62. The van der Waals surface area contributed by atoms with Crippen molar-refractivity contribution in [3.05, 3.63) is 42.5 Å². The third-order valence-corrected chi connectivity index (χ3v) is 4.09. The molecule has 1 amide bonds. The van der Waals surface area contributed by atoms with Gasteiger partial charge in [0.2, 0.25) is 5.91 Å². The molecule has 24 heavy (non-hydrogen) atoms. The number of carbonyl (C=O) groups excluding carboxylic acids is 1. The predicted molar refractivity (Wildman–Crippen MR) is 91.9 cm³/mol. The first-order valence-electron chi connectivity index (χ1n) is 7.85. The summed E-state index contributed by atoms with van der Waals surface area (Å²) < 4.78 is 11.1. The van der Waals surface area contributed by atoms with Crippen LogP contribution >= 0.6 is 0 Å². The van der Waals surface area contributed by atoms with E-state index in [1.165, 1.54) is 0 Å². The first-order valence-corrected chi connectivity index (χ1v) is 7.85. The molecular weight excluding hydrogens is 306 g/mol. The molecule has 6 heteroatoms. The Morgan fingerprint density at radius 3 is 2.88 bits per heavy atom. The van der Waals surface area contributed by atoms with Crippen LogP contribution in [0.15, 0.2) is 46.9 Å². The Morgan fingerprint density at radius 2 is 2.12 bits per heavy atom. The van der Waals surface area contributed by atoms with Crippen LogP contribution in [0.4, 0.5) is 17.4 Å². The zero-order valence-corrected chi connectivity index (χ0v) is 13.3. The molecule has 1 aliphatic heterocycles. The monoisotopic (exact) mass is 323 g/mol. The minimum atomic E-state index is 0.132. The Bertz CT molecular complexity index is 870. The van der Waals surface area contributed by atoms with Gasteiger partial charge in [0.15, 0.2) is 5.58 Å². The van der Waals surface area contributed by atoms with Gasteiger partial charge in [-0.05, 0) is 30.7 Å². The average Bonchev–Trinajstić information content (AvgIpc) is 3.20. The lowest BCUT2D eigenvalue weighted by atomic mass is 10.2. The standard InChI is InChI=1S/C18H17N3O3/c1-23-16-11-12(8-9-14(16)21-10-4-7-17(21)22)19-18-20-13-5-2-3-6-15(13)24-18/h2-3,5-6,8-9,11H,4,7,10H2,1H3,(H,19,20). The van der Waals surface area contributed by atoms with E-state index < -0.39 is 0 Å². The van der Waals surface area contributed by atoms with Crippen molar-refractivity contribution in [1.82, 2.24) is 4.98 Å². The van der Waals surface area contributed by atoms with Crippen LogP contribution in [0, 0.1) is 0 Å². The van der Waals surface area contributed by atoms with Gasteiger partial charge >= 0.3 is 0 Å². The van der Waals surface area contributed by atoms with E-state index in [9.17, 15) is 4.79 Å². The van der Waals surface area contributed by atoms with E-state index in [0.29, 0.717) is 18.2 Å². The molecule has 0 unspecified atom stereocenters. The van der Waals surface area contributed by atoms with Crippen molar-refractivity contribution in [2.24, 2.45) is 0 Å². The van der Waals surface area contributed by atoms with Gasteiger partial charge in [0.05, 0.1) is 12.8 Å². The second-order valence-corrected chi connectivity index (χ2v) is 5.65. The van der Waals surface area contributed by atoms with E-state index in [1.54, 1.807) is 12.0 Å².